The molecule has 165 valence electrons. The van der Waals surface area contributed by atoms with E-state index >= 15 is 0 Å². The highest BCUT2D eigenvalue weighted by atomic mass is 16.5. The Kier molecular flexibility index (Phi) is 7.52. The molecule has 0 bridgehead atoms. The van der Waals surface area contributed by atoms with Crippen LogP contribution in [0.3, 0.4) is 0 Å². The van der Waals surface area contributed by atoms with Crippen molar-refractivity contribution in [3.63, 3.8) is 0 Å². The first-order valence-electron chi connectivity index (χ1n) is 10.5. The van der Waals surface area contributed by atoms with Crippen LogP contribution in [0.4, 0.5) is 11.8 Å². The molecule has 1 atom stereocenters. The van der Waals surface area contributed by atoms with Crippen LogP contribution in [0.5, 0.6) is 11.5 Å². The second-order valence-corrected chi connectivity index (χ2v) is 7.82. The largest absolute Gasteiger partial charge is 0.497 e. The monoisotopic (exact) mass is 423 g/mol. The molecule has 1 heterocycles. The Hall–Kier alpha value is -3.06. The molecule has 0 aliphatic heterocycles. The van der Waals surface area contributed by atoms with Gasteiger partial charge in [-0.3, -0.25) is 0 Å². The number of hydrogen-bond acceptors (Lipinski definition) is 7. The minimum absolute atomic E-state index is 0.0171. The molecular weight excluding hydrogens is 392 g/mol. The van der Waals surface area contributed by atoms with Gasteiger partial charge < -0.3 is 25.2 Å². The third-order valence-electron chi connectivity index (χ3n) is 5.32. The molecule has 2 aromatic carbocycles. The Bertz CT molecular complexity index is 1010. The summed E-state index contributed by atoms with van der Waals surface area (Å²) in [6.45, 7) is 4.66. The van der Waals surface area contributed by atoms with Crippen molar-refractivity contribution in [2.75, 3.05) is 31.5 Å². The van der Waals surface area contributed by atoms with Gasteiger partial charge in [0.1, 0.15) is 17.3 Å². The smallest absolute Gasteiger partial charge is 0.225 e. The molecule has 0 aliphatic rings. The van der Waals surface area contributed by atoms with Crippen LogP contribution in [0.2, 0.25) is 0 Å². The number of benzene rings is 2. The first kappa shape index (κ1) is 22.6. The lowest BCUT2D eigenvalue weighted by molar-refractivity contribution is 0.212. The molecule has 0 amide bonds. The van der Waals surface area contributed by atoms with E-state index in [2.05, 4.69) is 28.6 Å². The number of fused-ring (bicyclic) bond motifs is 1. The molecule has 0 saturated carbocycles. The van der Waals surface area contributed by atoms with E-state index in [1.54, 1.807) is 14.2 Å². The van der Waals surface area contributed by atoms with Gasteiger partial charge in [-0.25, -0.2) is 4.98 Å². The number of nitrogens with zero attached hydrogens (tertiary/aromatic N) is 2. The summed E-state index contributed by atoms with van der Waals surface area (Å²) in [5, 5.41) is 17.7. The Morgan fingerprint density at radius 2 is 2.00 bits per heavy atom. The van der Waals surface area contributed by atoms with Crippen molar-refractivity contribution in [3.05, 3.63) is 48.0 Å². The van der Waals surface area contributed by atoms with Gasteiger partial charge in [-0.15, -0.1) is 0 Å². The van der Waals surface area contributed by atoms with Crippen LogP contribution in [0.1, 0.15) is 38.7 Å². The number of unbranched alkanes of at least 4 members (excludes halogenated alkanes) is 1. The second-order valence-electron chi connectivity index (χ2n) is 7.82. The lowest BCUT2D eigenvalue weighted by Gasteiger charge is -2.30. The van der Waals surface area contributed by atoms with Crippen LogP contribution in [0.25, 0.3) is 10.9 Å². The van der Waals surface area contributed by atoms with E-state index in [0.717, 1.165) is 47.2 Å². The topological polar surface area (TPSA) is 88.5 Å². The van der Waals surface area contributed by atoms with Crippen LogP contribution >= 0.6 is 0 Å². The Morgan fingerprint density at radius 1 is 1.16 bits per heavy atom. The molecule has 1 radical (unpaired) electrons. The summed E-state index contributed by atoms with van der Waals surface area (Å²) < 4.78 is 10.7. The maximum atomic E-state index is 10.0. The SMILES string of the molecule is CCCC[C@](C)(CO)Nc1nc(NCc2ccc(OC)cc2OC)nc2c[c]ccc12. The van der Waals surface area contributed by atoms with Crippen molar-refractivity contribution in [2.45, 2.75) is 45.2 Å². The highest BCUT2D eigenvalue weighted by Gasteiger charge is 2.24. The third-order valence-corrected chi connectivity index (χ3v) is 5.32. The van der Waals surface area contributed by atoms with Crippen molar-refractivity contribution in [1.82, 2.24) is 9.97 Å². The Labute approximate surface area is 183 Å². The molecule has 3 N–H and O–H groups in total. The second kappa shape index (κ2) is 10.3. The minimum atomic E-state index is -0.465. The Balaban J connectivity index is 1.88. The number of methoxy groups -OCH3 is 2. The fraction of sp³-hybridized carbons (Fsp3) is 0.417. The van der Waals surface area contributed by atoms with Gasteiger partial charge in [0.2, 0.25) is 5.95 Å². The van der Waals surface area contributed by atoms with Gasteiger partial charge in [-0.05, 0) is 43.7 Å². The van der Waals surface area contributed by atoms with Crippen LogP contribution in [0.15, 0.2) is 36.4 Å². The van der Waals surface area contributed by atoms with E-state index in [9.17, 15) is 5.11 Å². The lowest BCUT2D eigenvalue weighted by Crippen LogP contribution is -2.39. The number of ether oxygens (including phenoxy) is 2. The molecule has 0 aliphatic carbocycles. The first-order chi connectivity index (χ1) is 15.0. The number of anilines is 2. The summed E-state index contributed by atoms with van der Waals surface area (Å²) in [6, 6.07) is 14.4. The average molecular weight is 424 g/mol. The fourth-order valence-corrected chi connectivity index (χ4v) is 3.40. The summed E-state index contributed by atoms with van der Waals surface area (Å²) in [6.07, 6.45) is 2.92. The summed E-state index contributed by atoms with van der Waals surface area (Å²) >= 11 is 0. The number of rotatable bonds is 11. The highest BCUT2D eigenvalue weighted by molar-refractivity contribution is 5.90. The first-order valence-corrected chi connectivity index (χ1v) is 10.5. The van der Waals surface area contributed by atoms with E-state index in [4.69, 9.17) is 14.5 Å². The zero-order chi connectivity index (χ0) is 22.3. The van der Waals surface area contributed by atoms with Gasteiger partial charge >= 0.3 is 0 Å². The standard InChI is InChI=1S/C24H31N4O3/c1-5-6-13-24(2,16-29)28-22-19-9-7-8-10-20(19)26-23(27-22)25-15-17-11-12-18(30-3)14-21(17)31-4/h7,9-12,14,29H,5-6,13,15-16H2,1-4H3,(H2,25,26,27,28)/t24-/m1/s1. The molecule has 3 aromatic rings. The predicted molar refractivity (Wildman–Crippen MR) is 124 cm³/mol. The van der Waals surface area contributed by atoms with Crippen LogP contribution in [0, 0.1) is 6.07 Å². The van der Waals surface area contributed by atoms with Gasteiger partial charge in [0.25, 0.3) is 0 Å². The van der Waals surface area contributed by atoms with Crippen LogP contribution < -0.4 is 20.1 Å². The Morgan fingerprint density at radius 3 is 2.71 bits per heavy atom. The van der Waals surface area contributed by atoms with Crippen molar-refractivity contribution >= 4 is 22.7 Å². The number of nitrogens with one attached hydrogen (secondary N) is 2. The summed E-state index contributed by atoms with van der Waals surface area (Å²) in [7, 11) is 3.26. The minimum Gasteiger partial charge on any atom is -0.497 e. The van der Waals surface area contributed by atoms with E-state index in [-0.39, 0.29) is 6.61 Å². The van der Waals surface area contributed by atoms with Crippen molar-refractivity contribution < 1.29 is 14.6 Å². The maximum Gasteiger partial charge on any atom is 0.225 e. The summed E-state index contributed by atoms with van der Waals surface area (Å²) in [5.74, 6) is 2.64. The highest BCUT2D eigenvalue weighted by Crippen LogP contribution is 2.28. The normalized spacial score (nSPS) is 12.9. The average Bonchev–Trinajstić information content (AvgIpc) is 2.81. The quantitative estimate of drug-likeness (QED) is 0.421. The lowest BCUT2D eigenvalue weighted by atomic mass is 9.95. The molecule has 31 heavy (non-hydrogen) atoms. The molecule has 7 heteroatoms. The van der Waals surface area contributed by atoms with Crippen LogP contribution in [-0.4, -0.2) is 41.4 Å². The number of hydrogen-bond donors (Lipinski definition) is 3. The molecule has 7 nitrogen and oxygen atoms in total. The molecule has 1 aromatic heterocycles. The fourth-order valence-electron chi connectivity index (χ4n) is 3.40. The molecule has 3 rings (SSSR count). The van der Waals surface area contributed by atoms with Gasteiger partial charge in [-0.1, -0.05) is 25.8 Å². The maximum absolute atomic E-state index is 10.0. The molecule has 0 fully saturated rings. The predicted octanol–water partition coefficient (Wildman–Crippen LogP) is 4.41. The van der Waals surface area contributed by atoms with E-state index in [1.807, 2.05) is 43.3 Å². The van der Waals surface area contributed by atoms with Crippen molar-refractivity contribution in [1.29, 1.82) is 0 Å². The molecular formula is C24H31N4O3. The third kappa shape index (κ3) is 5.55. The molecule has 0 unspecified atom stereocenters. The van der Waals surface area contributed by atoms with E-state index < -0.39 is 5.54 Å². The van der Waals surface area contributed by atoms with Gasteiger partial charge in [0.05, 0.1) is 31.9 Å². The summed E-state index contributed by atoms with van der Waals surface area (Å²) in [4.78, 5) is 9.36. The van der Waals surface area contributed by atoms with Crippen molar-refractivity contribution in [3.8, 4) is 11.5 Å². The van der Waals surface area contributed by atoms with E-state index in [1.165, 1.54) is 0 Å². The van der Waals surface area contributed by atoms with E-state index in [0.29, 0.717) is 18.3 Å². The zero-order valence-electron chi connectivity index (χ0n) is 18.7. The zero-order valence-corrected chi connectivity index (χ0v) is 18.7. The van der Waals surface area contributed by atoms with Gasteiger partial charge in [-0.2, -0.15) is 4.98 Å². The molecule has 0 saturated heterocycles. The number of aromatic nitrogens is 2. The van der Waals surface area contributed by atoms with Gasteiger partial charge in [0.15, 0.2) is 0 Å². The van der Waals surface area contributed by atoms with Crippen LogP contribution in [-0.2, 0) is 6.54 Å². The summed E-state index contributed by atoms with van der Waals surface area (Å²) in [5.41, 5.74) is 1.28. The number of aliphatic hydroxyl groups excluding tert-OH is 1. The van der Waals surface area contributed by atoms with Gasteiger partial charge in [0, 0.05) is 23.6 Å². The number of aliphatic hydroxyl groups is 1. The molecule has 0 spiro atoms. The van der Waals surface area contributed by atoms with Crippen molar-refractivity contribution in [2.24, 2.45) is 0 Å².